The molecule has 2 rings (SSSR count). The van der Waals surface area contributed by atoms with E-state index in [0.29, 0.717) is 0 Å². The topological polar surface area (TPSA) is 119 Å². The molecule has 0 radical (unpaired) electrons. The number of ether oxygens (including phenoxy) is 1. The standard InChI is InChI=1S/C17H13F3N2O6/c18-17(19,20)12-8-11(22(26)27)6-7-13(12)21-14(23)9-28-16(25)15(24)10-4-2-1-3-5-10/h1-8,15,24H,9H2,(H,21,23)/t15-/m1/s1. The van der Waals surface area contributed by atoms with Gasteiger partial charge in [-0.2, -0.15) is 13.2 Å². The van der Waals surface area contributed by atoms with Gasteiger partial charge >= 0.3 is 12.1 Å². The van der Waals surface area contributed by atoms with Gasteiger partial charge in [0.2, 0.25) is 0 Å². The number of aliphatic hydroxyl groups excluding tert-OH is 1. The number of non-ortho nitro benzene ring substituents is 1. The van der Waals surface area contributed by atoms with Crippen LogP contribution >= 0.6 is 0 Å². The SMILES string of the molecule is O=C(COC(=O)[C@H](O)c1ccccc1)Nc1ccc([N+](=O)[O-])cc1C(F)(F)F. The van der Waals surface area contributed by atoms with E-state index in [1.165, 1.54) is 12.1 Å². The average Bonchev–Trinajstić information content (AvgIpc) is 2.65. The Hall–Kier alpha value is -3.47. The third-order valence-electron chi connectivity index (χ3n) is 3.48. The van der Waals surface area contributed by atoms with E-state index in [-0.39, 0.29) is 11.6 Å². The maximum atomic E-state index is 13.1. The fourth-order valence-corrected chi connectivity index (χ4v) is 2.16. The van der Waals surface area contributed by atoms with Crippen molar-refractivity contribution in [2.24, 2.45) is 0 Å². The molecule has 0 bridgehead atoms. The lowest BCUT2D eigenvalue weighted by Crippen LogP contribution is -2.25. The summed E-state index contributed by atoms with van der Waals surface area (Å²) >= 11 is 0. The number of hydrogen-bond acceptors (Lipinski definition) is 6. The molecular weight excluding hydrogens is 385 g/mol. The molecule has 0 fully saturated rings. The molecule has 11 heteroatoms. The van der Waals surface area contributed by atoms with Crippen molar-refractivity contribution in [2.75, 3.05) is 11.9 Å². The van der Waals surface area contributed by atoms with Gasteiger partial charge in [0.25, 0.3) is 11.6 Å². The van der Waals surface area contributed by atoms with Crippen molar-refractivity contribution in [2.45, 2.75) is 12.3 Å². The second-order valence-electron chi connectivity index (χ2n) is 5.45. The highest BCUT2D eigenvalue weighted by atomic mass is 19.4. The molecule has 1 atom stereocenters. The fraction of sp³-hybridized carbons (Fsp3) is 0.176. The minimum atomic E-state index is -4.96. The number of aliphatic hydroxyl groups is 1. The largest absolute Gasteiger partial charge is 0.453 e. The summed E-state index contributed by atoms with van der Waals surface area (Å²) in [6.45, 7) is -0.961. The number of nitro groups is 1. The number of amides is 1. The van der Waals surface area contributed by atoms with E-state index in [9.17, 15) is 38.0 Å². The third kappa shape index (κ3) is 5.27. The van der Waals surface area contributed by atoms with Crippen molar-refractivity contribution in [1.29, 1.82) is 0 Å². The molecule has 148 valence electrons. The van der Waals surface area contributed by atoms with Gasteiger partial charge in [0.15, 0.2) is 12.7 Å². The molecule has 0 spiro atoms. The molecule has 0 aliphatic rings. The van der Waals surface area contributed by atoms with E-state index in [4.69, 9.17) is 0 Å². The van der Waals surface area contributed by atoms with Crippen LogP contribution in [0.15, 0.2) is 48.5 Å². The molecular formula is C17H13F3N2O6. The van der Waals surface area contributed by atoms with Gasteiger partial charge in [-0.15, -0.1) is 0 Å². The number of carbonyl (C=O) groups is 2. The molecule has 0 aromatic heterocycles. The van der Waals surface area contributed by atoms with Crippen LogP contribution in [0.5, 0.6) is 0 Å². The molecule has 0 unspecified atom stereocenters. The highest BCUT2D eigenvalue weighted by molar-refractivity contribution is 5.94. The lowest BCUT2D eigenvalue weighted by atomic mass is 10.1. The predicted octanol–water partition coefficient (Wildman–Crippen LogP) is 2.83. The maximum Gasteiger partial charge on any atom is 0.418 e. The number of alkyl halides is 3. The van der Waals surface area contributed by atoms with Gasteiger partial charge in [0.1, 0.15) is 0 Å². The molecule has 28 heavy (non-hydrogen) atoms. The number of benzene rings is 2. The Labute approximate surface area is 155 Å². The number of nitro benzene ring substituents is 1. The van der Waals surface area contributed by atoms with Crippen LogP contribution in [0, 0.1) is 10.1 Å². The smallest absolute Gasteiger partial charge is 0.418 e. The minimum Gasteiger partial charge on any atom is -0.453 e. The molecule has 8 nitrogen and oxygen atoms in total. The summed E-state index contributed by atoms with van der Waals surface area (Å²) in [5.41, 5.74) is -2.75. The first kappa shape index (κ1) is 20.8. The Morgan fingerprint density at radius 1 is 1.18 bits per heavy atom. The fourth-order valence-electron chi connectivity index (χ4n) is 2.16. The van der Waals surface area contributed by atoms with E-state index >= 15 is 0 Å². The number of hydrogen-bond donors (Lipinski definition) is 2. The van der Waals surface area contributed by atoms with Crippen molar-refractivity contribution < 1.29 is 37.5 Å². The van der Waals surface area contributed by atoms with E-state index in [0.717, 1.165) is 12.1 Å². The Bertz CT molecular complexity index is 886. The van der Waals surface area contributed by atoms with E-state index in [1.807, 2.05) is 5.32 Å². The maximum absolute atomic E-state index is 13.1. The average molecular weight is 398 g/mol. The summed E-state index contributed by atoms with van der Waals surface area (Å²) in [4.78, 5) is 33.2. The lowest BCUT2D eigenvalue weighted by Gasteiger charge is -2.14. The van der Waals surface area contributed by atoms with Gasteiger partial charge in [0, 0.05) is 12.1 Å². The van der Waals surface area contributed by atoms with Crippen LogP contribution in [0.2, 0.25) is 0 Å². The normalized spacial score (nSPS) is 12.1. The van der Waals surface area contributed by atoms with Crippen LogP contribution in [0.25, 0.3) is 0 Å². The van der Waals surface area contributed by atoms with Gasteiger partial charge in [0.05, 0.1) is 16.2 Å². The zero-order valence-electron chi connectivity index (χ0n) is 14.0. The van der Waals surface area contributed by atoms with Crippen LogP contribution in [-0.4, -0.2) is 28.5 Å². The predicted molar refractivity (Wildman–Crippen MR) is 89.1 cm³/mol. The van der Waals surface area contributed by atoms with Gasteiger partial charge in [-0.3, -0.25) is 14.9 Å². The summed E-state index contributed by atoms with van der Waals surface area (Å²) in [5, 5.41) is 22.3. The van der Waals surface area contributed by atoms with Gasteiger partial charge in [-0.1, -0.05) is 30.3 Å². The number of carbonyl (C=O) groups excluding carboxylic acids is 2. The third-order valence-corrected chi connectivity index (χ3v) is 3.48. The first-order valence-electron chi connectivity index (χ1n) is 7.64. The molecule has 0 heterocycles. The number of nitrogens with one attached hydrogen (secondary N) is 1. The Balaban J connectivity index is 2.05. The zero-order valence-corrected chi connectivity index (χ0v) is 14.0. The summed E-state index contributed by atoms with van der Waals surface area (Å²) in [6.07, 6.45) is -6.63. The Kier molecular flexibility index (Phi) is 6.31. The van der Waals surface area contributed by atoms with Crippen molar-refractivity contribution in [3.05, 3.63) is 69.8 Å². The van der Waals surface area contributed by atoms with Crippen LogP contribution < -0.4 is 5.32 Å². The number of rotatable bonds is 6. The van der Waals surface area contributed by atoms with Gasteiger partial charge in [-0.05, 0) is 11.6 Å². The zero-order chi connectivity index (χ0) is 20.9. The van der Waals surface area contributed by atoms with Crippen molar-refractivity contribution in [3.63, 3.8) is 0 Å². The number of halogens is 3. The van der Waals surface area contributed by atoms with Crippen molar-refractivity contribution >= 4 is 23.3 Å². The van der Waals surface area contributed by atoms with E-state index < -0.39 is 52.6 Å². The van der Waals surface area contributed by atoms with Crippen LogP contribution in [-0.2, 0) is 20.5 Å². The minimum absolute atomic E-state index is 0.211. The first-order valence-corrected chi connectivity index (χ1v) is 7.64. The molecule has 0 saturated carbocycles. The van der Waals surface area contributed by atoms with E-state index in [2.05, 4.69) is 4.74 Å². The molecule has 2 N–H and O–H groups in total. The van der Waals surface area contributed by atoms with Crippen LogP contribution in [0.4, 0.5) is 24.5 Å². The second-order valence-corrected chi connectivity index (χ2v) is 5.45. The van der Waals surface area contributed by atoms with Crippen molar-refractivity contribution in [1.82, 2.24) is 0 Å². The molecule has 0 saturated heterocycles. The van der Waals surface area contributed by atoms with E-state index in [1.54, 1.807) is 18.2 Å². The molecule has 2 aromatic rings. The van der Waals surface area contributed by atoms with Gasteiger partial charge < -0.3 is 15.2 Å². The molecule has 0 aliphatic heterocycles. The number of nitrogens with zero attached hydrogens (tertiary/aromatic N) is 1. The highest BCUT2D eigenvalue weighted by Crippen LogP contribution is 2.37. The van der Waals surface area contributed by atoms with Gasteiger partial charge in [-0.25, -0.2) is 4.79 Å². The highest BCUT2D eigenvalue weighted by Gasteiger charge is 2.35. The molecule has 2 aromatic carbocycles. The summed E-state index contributed by atoms with van der Waals surface area (Å²) < 4.78 is 43.8. The van der Waals surface area contributed by atoms with Crippen LogP contribution in [0.3, 0.4) is 0 Å². The quantitative estimate of drug-likeness (QED) is 0.439. The number of esters is 1. The number of anilines is 1. The Morgan fingerprint density at radius 2 is 1.82 bits per heavy atom. The monoisotopic (exact) mass is 398 g/mol. The van der Waals surface area contributed by atoms with Crippen LogP contribution in [0.1, 0.15) is 17.2 Å². The molecule has 0 aliphatic carbocycles. The molecule has 1 amide bonds. The summed E-state index contributed by atoms with van der Waals surface area (Å²) in [5.74, 6) is -2.28. The summed E-state index contributed by atoms with van der Waals surface area (Å²) in [7, 11) is 0. The summed E-state index contributed by atoms with van der Waals surface area (Å²) in [6, 6.07) is 9.45. The lowest BCUT2D eigenvalue weighted by molar-refractivity contribution is -0.385. The second kappa shape index (κ2) is 8.48. The Morgan fingerprint density at radius 3 is 2.39 bits per heavy atom. The van der Waals surface area contributed by atoms with Crippen molar-refractivity contribution in [3.8, 4) is 0 Å². The first-order chi connectivity index (χ1) is 13.1.